The van der Waals surface area contributed by atoms with Crippen molar-refractivity contribution in [2.45, 2.75) is 51.0 Å². The molecule has 0 saturated carbocycles. The number of hydrogen-bond donors (Lipinski definition) is 1. The zero-order valence-electron chi connectivity index (χ0n) is 21.7. The van der Waals surface area contributed by atoms with Gasteiger partial charge in [-0.05, 0) is 79.8 Å². The van der Waals surface area contributed by atoms with E-state index in [0.29, 0.717) is 28.0 Å². The molecule has 2 fully saturated rings. The number of carbonyl (C=O) groups excluding carboxylic acids is 2. The maximum Gasteiger partial charge on any atom is 0.509 e. The molecule has 3 heterocycles. The number of ether oxygens (including phenoxy) is 6. The number of fused-ring (bicyclic) bond motifs is 2. The molecule has 39 heavy (non-hydrogen) atoms. The molecule has 5 rings (SSSR count). The van der Waals surface area contributed by atoms with Gasteiger partial charge in [0.1, 0.15) is 28.9 Å². The summed E-state index contributed by atoms with van der Waals surface area (Å²) in [4.78, 5) is 37.5. The smallest absolute Gasteiger partial charge is 0.496 e. The number of amides is 1. The van der Waals surface area contributed by atoms with Crippen LogP contribution < -0.4 is 20.4 Å². The SMILES string of the molecule is COc1ccc(C(=O)Nc2cc3ccc(O[C@@H]4OC(C)(C)[C@H](OC)C5OC(=O)O[C@@H]54)c(C)c3oc2=O)cc1I. The summed E-state index contributed by atoms with van der Waals surface area (Å²) in [6.45, 7) is 5.32. The summed E-state index contributed by atoms with van der Waals surface area (Å²) in [6.07, 6.45) is -4.00. The quantitative estimate of drug-likeness (QED) is 0.233. The lowest BCUT2D eigenvalue weighted by Gasteiger charge is -2.45. The van der Waals surface area contributed by atoms with Crippen molar-refractivity contribution in [3.63, 3.8) is 0 Å². The Bertz CT molecular complexity index is 1520. The average molecular weight is 651 g/mol. The molecule has 2 aliphatic heterocycles. The molecule has 1 unspecified atom stereocenters. The van der Waals surface area contributed by atoms with Gasteiger partial charge >= 0.3 is 11.8 Å². The normalized spacial score (nSPS) is 23.5. The summed E-state index contributed by atoms with van der Waals surface area (Å²) in [5, 5.41) is 3.18. The Morgan fingerprint density at radius 3 is 2.44 bits per heavy atom. The molecular formula is C27H26INO10. The lowest BCUT2D eigenvalue weighted by molar-refractivity contribution is -0.282. The van der Waals surface area contributed by atoms with E-state index in [9.17, 15) is 14.4 Å². The minimum Gasteiger partial charge on any atom is -0.496 e. The van der Waals surface area contributed by atoms with Gasteiger partial charge in [0, 0.05) is 23.6 Å². The molecule has 1 aromatic heterocycles. The van der Waals surface area contributed by atoms with Crippen LogP contribution in [0.5, 0.6) is 11.5 Å². The summed E-state index contributed by atoms with van der Waals surface area (Å²) in [7, 11) is 3.05. The zero-order valence-corrected chi connectivity index (χ0v) is 23.9. The van der Waals surface area contributed by atoms with Crippen LogP contribution in [-0.2, 0) is 18.9 Å². The summed E-state index contributed by atoms with van der Waals surface area (Å²) >= 11 is 2.06. The molecule has 0 bridgehead atoms. The lowest BCUT2D eigenvalue weighted by atomic mass is 9.89. The van der Waals surface area contributed by atoms with E-state index in [1.807, 2.05) is 0 Å². The van der Waals surface area contributed by atoms with E-state index in [1.54, 1.807) is 58.2 Å². The van der Waals surface area contributed by atoms with E-state index in [4.69, 9.17) is 32.8 Å². The van der Waals surface area contributed by atoms with Crippen LogP contribution in [0.3, 0.4) is 0 Å². The van der Waals surface area contributed by atoms with E-state index >= 15 is 0 Å². The number of aryl methyl sites for hydroxylation is 1. The monoisotopic (exact) mass is 651 g/mol. The first-order valence-electron chi connectivity index (χ1n) is 12.0. The van der Waals surface area contributed by atoms with Gasteiger partial charge in [-0.1, -0.05) is 0 Å². The molecule has 0 radical (unpaired) electrons. The molecule has 206 valence electrons. The highest BCUT2D eigenvalue weighted by atomic mass is 127. The third kappa shape index (κ3) is 5.03. The van der Waals surface area contributed by atoms with E-state index in [0.717, 1.165) is 3.57 Å². The van der Waals surface area contributed by atoms with Crippen LogP contribution in [0.1, 0.15) is 29.8 Å². The van der Waals surface area contributed by atoms with E-state index in [-0.39, 0.29) is 11.3 Å². The second kappa shape index (κ2) is 10.3. The molecule has 0 spiro atoms. The standard InChI is InChI=1S/C27H26INO10/c1-12-17(35-25-21-20(37-26(32)38-21)22(34-5)27(2,3)39-25)8-6-13-11-16(24(31)36-19(12)13)29-23(30)14-7-9-18(33-4)15(28)10-14/h6-11,20-22,25H,1-5H3,(H,29,30)/t20?,21-,22+,25+/m0/s1. The maximum absolute atomic E-state index is 12.8. The molecule has 3 aromatic rings. The highest BCUT2D eigenvalue weighted by Crippen LogP contribution is 2.39. The Hall–Kier alpha value is -3.36. The predicted octanol–water partition coefficient (Wildman–Crippen LogP) is 4.40. The molecule has 11 nitrogen and oxygen atoms in total. The summed E-state index contributed by atoms with van der Waals surface area (Å²) in [5.41, 5.74) is -0.441. The van der Waals surface area contributed by atoms with Crippen molar-refractivity contribution in [1.82, 2.24) is 0 Å². The number of nitrogens with one attached hydrogen (secondary N) is 1. The van der Waals surface area contributed by atoms with Gasteiger partial charge < -0.3 is 38.2 Å². The summed E-state index contributed by atoms with van der Waals surface area (Å²) < 4.78 is 40.0. The fraction of sp³-hybridized carbons (Fsp3) is 0.370. The number of benzene rings is 2. The second-order valence-corrected chi connectivity index (χ2v) is 10.8. The van der Waals surface area contributed by atoms with Crippen molar-refractivity contribution >= 4 is 51.3 Å². The number of methoxy groups -OCH3 is 2. The molecule has 1 N–H and O–H groups in total. The van der Waals surface area contributed by atoms with Gasteiger partial charge in [-0.3, -0.25) is 4.79 Å². The van der Waals surface area contributed by atoms with Gasteiger partial charge in [-0.25, -0.2) is 9.59 Å². The first-order chi connectivity index (χ1) is 18.5. The van der Waals surface area contributed by atoms with Crippen LogP contribution in [-0.4, -0.2) is 56.5 Å². The fourth-order valence-corrected chi connectivity index (χ4v) is 5.55. The van der Waals surface area contributed by atoms with E-state index in [1.165, 1.54) is 13.2 Å². The van der Waals surface area contributed by atoms with Gasteiger partial charge in [0.25, 0.3) is 5.91 Å². The Morgan fingerprint density at radius 2 is 1.74 bits per heavy atom. The van der Waals surface area contributed by atoms with Gasteiger partial charge in [-0.2, -0.15) is 0 Å². The zero-order chi connectivity index (χ0) is 28.1. The van der Waals surface area contributed by atoms with Crippen molar-refractivity contribution in [2.24, 2.45) is 0 Å². The minimum atomic E-state index is -1.00. The van der Waals surface area contributed by atoms with Crippen molar-refractivity contribution < 1.29 is 42.4 Å². The first kappa shape index (κ1) is 27.2. The molecule has 2 saturated heterocycles. The number of rotatable bonds is 6. The highest BCUT2D eigenvalue weighted by molar-refractivity contribution is 14.1. The van der Waals surface area contributed by atoms with Crippen molar-refractivity contribution in [1.29, 1.82) is 0 Å². The topological polar surface area (TPSA) is 132 Å². The Labute approximate surface area is 236 Å². The summed E-state index contributed by atoms with van der Waals surface area (Å²) in [6, 6.07) is 9.85. The van der Waals surface area contributed by atoms with Crippen LogP contribution in [0.2, 0.25) is 0 Å². The third-order valence-electron chi connectivity index (χ3n) is 6.72. The number of anilines is 1. The lowest BCUT2D eigenvalue weighted by Crippen LogP contribution is -2.62. The largest absolute Gasteiger partial charge is 0.509 e. The van der Waals surface area contributed by atoms with Crippen LogP contribution >= 0.6 is 22.6 Å². The minimum absolute atomic E-state index is 0.00720. The molecule has 0 aliphatic carbocycles. The Kier molecular flexibility index (Phi) is 7.20. The Morgan fingerprint density at radius 1 is 1.03 bits per heavy atom. The van der Waals surface area contributed by atoms with Gasteiger partial charge in [0.05, 0.1) is 16.3 Å². The predicted molar refractivity (Wildman–Crippen MR) is 146 cm³/mol. The maximum atomic E-state index is 12.8. The fourth-order valence-electron chi connectivity index (χ4n) is 4.81. The number of carbonyl (C=O) groups is 2. The van der Waals surface area contributed by atoms with Gasteiger partial charge in [0.15, 0.2) is 6.10 Å². The van der Waals surface area contributed by atoms with Crippen LogP contribution in [0.15, 0.2) is 45.6 Å². The van der Waals surface area contributed by atoms with Crippen molar-refractivity contribution in [3.8, 4) is 11.5 Å². The molecule has 2 aliphatic rings. The van der Waals surface area contributed by atoms with Crippen LogP contribution in [0.25, 0.3) is 11.0 Å². The summed E-state index contributed by atoms with van der Waals surface area (Å²) in [5.74, 6) is 0.530. The van der Waals surface area contributed by atoms with E-state index < -0.39 is 47.9 Å². The molecule has 2 aromatic carbocycles. The first-order valence-corrected chi connectivity index (χ1v) is 13.1. The van der Waals surface area contributed by atoms with Crippen molar-refractivity contribution in [2.75, 3.05) is 19.5 Å². The number of halogens is 1. The highest BCUT2D eigenvalue weighted by Gasteiger charge is 2.59. The van der Waals surface area contributed by atoms with Gasteiger partial charge in [-0.15, -0.1) is 0 Å². The second-order valence-electron chi connectivity index (χ2n) is 9.64. The molecule has 1 amide bonds. The number of hydrogen-bond acceptors (Lipinski definition) is 10. The van der Waals surface area contributed by atoms with Crippen molar-refractivity contribution in [3.05, 3.63) is 61.5 Å². The van der Waals surface area contributed by atoms with Crippen LogP contribution in [0, 0.1) is 10.5 Å². The van der Waals surface area contributed by atoms with Gasteiger partial charge in [0.2, 0.25) is 12.4 Å². The van der Waals surface area contributed by atoms with Crippen LogP contribution in [0.4, 0.5) is 10.5 Å². The molecule has 12 heteroatoms. The Balaban J connectivity index is 1.40. The average Bonchev–Trinajstić information content (AvgIpc) is 3.27. The third-order valence-corrected chi connectivity index (χ3v) is 7.56. The van der Waals surface area contributed by atoms with E-state index in [2.05, 4.69) is 27.9 Å². The molecular weight excluding hydrogens is 625 g/mol. The molecule has 4 atom stereocenters.